The molecule has 5 rings (SSSR count). The van der Waals surface area contributed by atoms with E-state index < -0.39 is 0 Å². The fourth-order valence-electron chi connectivity index (χ4n) is 3.82. The topological polar surface area (TPSA) is 64.0 Å². The van der Waals surface area contributed by atoms with Crippen molar-refractivity contribution < 1.29 is 4.79 Å². The van der Waals surface area contributed by atoms with Gasteiger partial charge in [-0.1, -0.05) is 35.5 Å². The van der Waals surface area contributed by atoms with Crippen LogP contribution >= 0.6 is 34.4 Å². The molecule has 0 saturated heterocycles. The average molecular weight is 468 g/mol. The van der Waals surface area contributed by atoms with Gasteiger partial charge in [0.15, 0.2) is 5.16 Å². The third-order valence-corrected chi connectivity index (χ3v) is 8.37. The minimum absolute atomic E-state index is 0.0326. The van der Waals surface area contributed by atoms with Crippen molar-refractivity contribution in [1.82, 2.24) is 14.9 Å². The zero-order chi connectivity index (χ0) is 21.4. The molecule has 0 fully saturated rings. The van der Waals surface area contributed by atoms with Gasteiger partial charge in [-0.15, -0.1) is 22.7 Å². The first-order chi connectivity index (χ1) is 15.1. The molecule has 158 valence electrons. The Morgan fingerprint density at radius 1 is 1.23 bits per heavy atom. The fraction of sp³-hybridized carbons (Fsp3) is 0.261. The van der Waals surface area contributed by atoms with Crippen molar-refractivity contribution in [3.63, 3.8) is 0 Å². The van der Waals surface area contributed by atoms with Crippen LogP contribution < -0.4 is 10.9 Å². The lowest BCUT2D eigenvalue weighted by Crippen LogP contribution is -2.26. The molecule has 0 saturated carbocycles. The van der Waals surface area contributed by atoms with Crippen LogP contribution in [-0.4, -0.2) is 21.2 Å². The molecule has 3 heterocycles. The van der Waals surface area contributed by atoms with Gasteiger partial charge in [0.05, 0.1) is 23.4 Å². The van der Waals surface area contributed by atoms with E-state index in [2.05, 4.69) is 5.32 Å². The summed E-state index contributed by atoms with van der Waals surface area (Å²) in [5.41, 5.74) is 3.05. The number of thiophene rings is 2. The average Bonchev–Trinajstić information content (AvgIpc) is 3.49. The number of rotatable bonds is 6. The fourth-order valence-corrected chi connectivity index (χ4v) is 6.61. The monoisotopic (exact) mass is 467 g/mol. The van der Waals surface area contributed by atoms with Gasteiger partial charge in [0.2, 0.25) is 5.91 Å². The van der Waals surface area contributed by atoms with E-state index in [1.165, 1.54) is 22.2 Å². The Balaban J connectivity index is 1.48. The molecule has 0 aliphatic heterocycles. The highest BCUT2D eigenvalue weighted by atomic mass is 32.2. The molecule has 0 radical (unpaired) electrons. The lowest BCUT2D eigenvalue weighted by atomic mass is 10.2. The molecular weight excluding hydrogens is 446 g/mol. The summed E-state index contributed by atoms with van der Waals surface area (Å²) in [6.07, 6.45) is 3.06. The maximum atomic E-state index is 13.6. The van der Waals surface area contributed by atoms with Crippen molar-refractivity contribution in [3.05, 3.63) is 73.0 Å². The summed E-state index contributed by atoms with van der Waals surface area (Å²) in [6.45, 7) is 2.54. The van der Waals surface area contributed by atoms with Crippen LogP contribution in [0.25, 0.3) is 15.9 Å². The maximum absolute atomic E-state index is 13.6. The molecule has 1 aliphatic carbocycles. The van der Waals surface area contributed by atoms with Gasteiger partial charge < -0.3 is 5.32 Å². The lowest BCUT2D eigenvalue weighted by Gasteiger charge is -2.13. The lowest BCUT2D eigenvalue weighted by molar-refractivity contribution is -0.118. The van der Waals surface area contributed by atoms with Crippen LogP contribution in [0.2, 0.25) is 0 Å². The number of hydrogen-bond acceptors (Lipinski definition) is 6. The molecule has 0 bridgehead atoms. The summed E-state index contributed by atoms with van der Waals surface area (Å²) in [7, 11) is 0. The summed E-state index contributed by atoms with van der Waals surface area (Å²) in [6, 6.07) is 11.8. The Bertz CT molecular complexity index is 1300. The zero-order valence-electron chi connectivity index (χ0n) is 17.0. The molecule has 5 nitrogen and oxygen atoms in total. The van der Waals surface area contributed by atoms with E-state index in [9.17, 15) is 9.59 Å². The molecule has 8 heteroatoms. The van der Waals surface area contributed by atoms with E-state index in [1.807, 2.05) is 48.7 Å². The number of nitrogens with one attached hydrogen (secondary N) is 1. The number of thioether (sulfide) groups is 1. The number of hydrogen-bond donors (Lipinski definition) is 1. The molecular formula is C23H21N3O2S3. The molecule has 3 aromatic heterocycles. The number of aromatic nitrogens is 2. The van der Waals surface area contributed by atoms with Gasteiger partial charge in [0, 0.05) is 9.75 Å². The van der Waals surface area contributed by atoms with Gasteiger partial charge in [0.1, 0.15) is 4.83 Å². The van der Waals surface area contributed by atoms with E-state index in [0.29, 0.717) is 11.7 Å². The second-order valence-electron chi connectivity index (χ2n) is 7.55. The Morgan fingerprint density at radius 3 is 2.84 bits per heavy atom. The third-order valence-electron chi connectivity index (χ3n) is 5.37. The predicted molar refractivity (Wildman–Crippen MR) is 129 cm³/mol. The summed E-state index contributed by atoms with van der Waals surface area (Å²) >= 11 is 4.55. The van der Waals surface area contributed by atoms with E-state index in [1.54, 1.807) is 27.2 Å². The number of amides is 1. The number of fused-ring (bicyclic) bond motifs is 3. The Labute approximate surface area is 192 Å². The number of carbonyl (C=O) groups excluding carboxylic acids is 1. The first-order valence-electron chi connectivity index (χ1n) is 10.2. The molecule has 1 amide bonds. The molecule has 1 aliphatic rings. The number of carbonyl (C=O) groups is 1. The highest BCUT2D eigenvalue weighted by molar-refractivity contribution is 7.99. The minimum atomic E-state index is -0.0723. The van der Waals surface area contributed by atoms with Crippen LogP contribution in [0.1, 0.15) is 27.3 Å². The first kappa shape index (κ1) is 20.5. The summed E-state index contributed by atoms with van der Waals surface area (Å²) < 4.78 is 1.67. The number of benzene rings is 1. The van der Waals surface area contributed by atoms with Crippen LogP contribution in [0.5, 0.6) is 0 Å². The second-order valence-corrected chi connectivity index (χ2v) is 10.6. The molecule has 0 spiro atoms. The normalized spacial score (nSPS) is 12.9. The van der Waals surface area contributed by atoms with Crippen LogP contribution in [0.4, 0.5) is 0 Å². The van der Waals surface area contributed by atoms with Crippen LogP contribution in [-0.2, 0) is 24.2 Å². The zero-order valence-corrected chi connectivity index (χ0v) is 19.5. The molecule has 1 aromatic carbocycles. The van der Waals surface area contributed by atoms with Crippen molar-refractivity contribution in [2.75, 3.05) is 5.75 Å². The second kappa shape index (κ2) is 8.61. The number of nitrogens with zero attached hydrogens (tertiary/aromatic N) is 2. The van der Waals surface area contributed by atoms with Crippen molar-refractivity contribution in [3.8, 4) is 5.69 Å². The minimum Gasteiger partial charge on any atom is -0.350 e. The third kappa shape index (κ3) is 4.07. The summed E-state index contributed by atoms with van der Waals surface area (Å²) in [4.78, 5) is 34.1. The van der Waals surface area contributed by atoms with E-state index in [0.717, 1.165) is 45.6 Å². The van der Waals surface area contributed by atoms with Crippen molar-refractivity contribution in [2.45, 2.75) is 37.9 Å². The highest BCUT2D eigenvalue weighted by Crippen LogP contribution is 2.36. The van der Waals surface area contributed by atoms with Gasteiger partial charge >= 0.3 is 0 Å². The first-order valence-corrected chi connectivity index (χ1v) is 12.8. The van der Waals surface area contributed by atoms with Crippen molar-refractivity contribution >= 4 is 50.6 Å². The highest BCUT2D eigenvalue weighted by Gasteiger charge is 2.24. The maximum Gasteiger partial charge on any atom is 0.267 e. The van der Waals surface area contributed by atoms with Crippen molar-refractivity contribution in [2.24, 2.45) is 0 Å². The molecule has 0 atom stereocenters. The van der Waals surface area contributed by atoms with E-state index in [4.69, 9.17) is 4.98 Å². The quantitative estimate of drug-likeness (QED) is 0.329. The predicted octanol–water partition coefficient (Wildman–Crippen LogP) is 4.71. The largest absolute Gasteiger partial charge is 0.350 e. The van der Waals surface area contributed by atoms with Crippen molar-refractivity contribution in [1.29, 1.82) is 0 Å². The molecule has 0 unspecified atom stereocenters. The van der Waals surface area contributed by atoms with Gasteiger partial charge in [0.25, 0.3) is 5.56 Å². The van der Waals surface area contributed by atoms with E-state index >= 15 is 0 Å². The summed E-state index contributed by atoms with van der Waals surface area (Å²) in [5, 5.41) is 6.25. The molecule has 31 heavy (non-hydrogen) atoms. The number of aryl methyl sites for hydroxylation is 3. The Morgan fingerprint density at radius 2 is 2.06 bits per heavy atom. The Hall–Kier alpha value is -2.42. The smallest absolute Gasteiger partial charge is 0.267 e. The summed E-state index contributed by atoms with van der Waals surface area (Å²) in [5.74, 6) is 0.136. The van der Waals surface area contributed by atoms with Crippen LogP contribution in [0.15, 0.2) is 51.7 Å². The van der Waals surface area contributed by atoms with Gasteiger partial charge in [-0.05, 0) is 55.3 Å². The van der Waals surface area contributed by atoms with Gasteiger partial charge in [-0.2, -0.15) is 0 Å². The molecule has 4 aromatic rings. The molecule has 1 N–H and O–H groups in total. The van der Waals surface area contributed by atoms with Crippen LogP contribution in [0.3, 0.4) is 0 Å². The van der Waals surface area contributed by atoms with Crippen LogP contribution in [0, 0.1) is 6.92 Å². The van der Waals surface area contributed by atoms with Gasteiger partial charge in [-0.3, -0.25) is 14.2 Å². The van der Waals surface area contributed by atoms with Gasteiger partial charge in [-0.25, -0.2) is 4.98 Å². The standard InChI is InChI=1S/C23H21N3O2S3/c1-14-7-9-15(10-8-14)26-22(28)20-17-5-2-6-18(17)31-21(20)25-23(26)30-13-19(27)24-12-16-4-3-11-29-16/h3-4,7-11H,2,5-6,12-13H2,1H3,(H,24,27). The SMILES string of the molecule is Cc1ccc(-n2c(SCC(=O)NCc3cccs3)nc3sc4c(c3c2=O)CCC4)cc1. The van der Waals surface area contributed by atoms with E-state index in [-0.39, 0.29) is 17.2 Å². The Kier molecular flexibility index (Phi) is 5.69.